The largest absolute Gasteiger partial charge is 0.339 e. The Kier molecular flexibility index (Phi) is 4.51. The van der Waals surface area contributed by atoms with Gasteiger partial charge in [-0.15, -0.1) is 0 Å². The van der Waals surface area contributed by atoms with Crippen molar-refractivity contribution in [3.63, 3.8) is 0 Å². The van der Waals surface area contributed by atoms with Crippen LogP contribution in [0.3, 0.4) is 0 Å². The van der Waals surface area contributed by atoms with Crippen LogP contribution in [0.2, 0.25) is 0 Å². The Bertz CT molecular complexity index is 402. The summed E-state index contributed by atoms with van der Waals surface area (Å²) in [7, 11) is 0. The van der Waals surface area contributed by atoms with E-state index in [1.54, 1.807) is 0 Å². The molecular formula is C16H26N4. The number of hydrogen-bond acceptors (Lipinski definition) is 4. The van der Waals surface area contributed by atoms with Gasteiger partial charge in [0.05, 0.1) is 0 Å². The van der Waals surface area contributed by atoms with Crippen molar-refractivity contribution in [1.82, 2.24) is 15.3 Å². The fourth-order valence-electron chi connectivity index (χ4n) is 3.71. The maximum atomic E-state index is 4.38. The second kappa shape index (κ2) is 6.53. The molecule has 3 rings (SSSR count). The number of anilines is 1. The van der Waals surface area contributed by atoms with Gasteiger partial charge in [-0.1, -0.05) is 12.8 Å². The molecule has 1 aromatic rings. The maximum Gasteiger partial charge on any atom is 0.225 e. The predicted octanol–water partition coefficient (Wildman–Crippen LogP) is 2.61. The van der Waals surface area contributed by atoms with Gasteiger partial charge in [-0.25, -0.2) is 9.97 Å². The normalized spacial score (nSPS) is 25.9. The lowest BCUT2D eigenvalue weighted by molar-refractivity contribution is 0.314. The van der Waals surface area contributed by atoms with Crippen LogP contribution in [-0.4, -0.2) is 35.1 Å². The molecule has 1 saturated heterocycles. The second-order valence-electron chi connectivity index (χ2n) is 6.33. The minimum absolute atomic E-state index is 0.586. The molecule has 2 aliphatic rings. The number of nitrogens with zero attached hydrogens (tertiary/aromatic N) is 3. The molecule has 110 valence electrons. The van der Waals surface area contributed by atoms with Crippen LogP contribution in [0.4, 0.5) is 5.95 Å². The van der Waals surface area contributed by atoms with E-state index in [1.165, 1.54) is 38.5 Å². The Balaban J connectivity index is 1.55. The van der Waals surface area contributed by atoms with Gasteiger partial charge in [-0.2, -0.15) is 0 Å². The molecule has 1 saturated carbocycles. The molecule has 1 aliphatic carbocycles. The quantitative estimate of drug-likeness (QED) is 0.916. The van der Waals surface area contributed by atoms with Crippen molar-refractivity contribution in [2.75, 3.05) is 18.0 Å². The first-order chi connectivity index (χ1) is 9.83. The van der Waals surface area contributed by atoms with Crippen LogP contribution in [0, 0.1) is 5.92 Å². The van der Waals surface area contributed by atoms with Crippen LogP contribution >= 0.6 is 0 Å². The van der Waals surface area contributed by atoms with Crippen molar-refractivity contribution >= 4 is 5.95 Å². The van der Waals surface area contributed by atoms with Gasteiger partial charge in [0.1, 0.15) is 0 Å². The Labute approximate surface area is 122 Å². The highest BCUT2D eigenvalue weighted by molar-refractivity contribution is 5.29. The molecule has 2 unspecified atom stereocenters. The van der Waals surface area contributed by atoms with Crippen molar-refractivity contribution in [2.45, 2.75) is 57.5 Å². The third-order valence-corrected chi connectivity index (χ3v) is 4.86. The smallest absolute Gasteiger partial charge is 0.225 e. The highest BCUT2D eigenvalue weighted by Crippen LogP contribution is 2.28. The van der Waals surface area contributed by atoms with E-state index in [4.69, 9.17) is 0 Å². The number of aromatic nitrogens is 2. The van der Waals surface area contributed by atoms with E-state index in [0.29, 0.717) is 12.1 Å². The van der Waals surface area contributed by atoms with Gasteiger partial charge in [0, 0.05) is 37.6 Å². The van der Waals surface area contributed by atoms with Gasteiger partial charge >= 0.3 is 0 Å². The predicted molar refractivity (Wildman–Crippen MR) is 81.8 cm³/mol. The molecule has 1 N–H and O–H groups in total. The van der Waals surface area contributed by atoms with Crippen molar-refractivity contribution in [3.8, 4) is 0 Å². The summed E-state index contributed by atoms with van der Waals surface area (Å²) in [6, 6.07) is 3.12. The molecule has 20 heavy (non-hydrogen) atoms. The first-order valence-corrected chi connectivity index (χ1v) is 8.11. The zero-order chi connectivity index (χ0) is 13.8. The van der Waals surface area contributed by atoms with E-state index in [1.807, 2.05) is 18.5 Å². The summed E-state index contributed by atoms with van der Waals surface area (Å²) in [5.74, 6) is 1.77. The Morgan fingerprint density at radius 2 is 1.90 bits per heavy atom. The van der Waals surface area contributed by atoms with Crippen molar-refractivity contribution in [2.24, 2.45) is 5.92 Å². The average Bonchev–Trinajstić information content (AvgIpc) is 3.03. The lowest BCUT2D eigenvalue weighted by atomic mass is 9.97. The molecule has 4 nitrogen and oxygen atoms in total. The topological polar surface area (TPSA) is 41.0 Å². The van der Waals surface area contributed by atoms with Gasteiger partial charge in [-0.05, 0) is 44.6 Å². The molecular weight excluding hydrogens is 248 g/mol. The van der Waals surface area contributed by atoms with E-state index in [2.05, 4.69) is 27.1 Å². The zero-order valence-electron chi connectivity index (χ0n) is 12.5. The van der Waals surface area contributed by atoms with E-state index < -0.39 is 0 Å². The standard InChI is InChI=1S/C16H26N4/c1-13(14-6-2-3-7-14)19-15-8-4-11-20(12-15)16-17-9-5-10-18-16/h5,9-10,13-15,19H,2-4,6-8,11-12H2,1H3. The van der Waals surface area contributed by atoms with Crippen molar-refractivity contribution < 1.29 is 0 Å². The summed E-state index contributed by atoms with van der Waals surface area (Å²) in [5, 5.41) is 3.86. The molecule has 2 heterocycles. The molecule has 2 atom stereocenters. The molecule has 1 aromatic heterocycles. The first kappa shape index (κ1) is 13.8. The van der Waals surface area contributed by atoms with Crippen molar-refractivity contribution in [1.29, 1.82) is 0 Å². The first-order valence-electron chi connectivity index (χ1n) is 8.11. The summed E-state index contributed by atoms with van der Waals surface area (Å²) in [4.78, 5) is 11.1. The third kappa shape index (κ3) is 3.29. The number of piperidine rings is 1. The highest BCUT2D eigenvalue weighted by Gasteiger charge is 2.26. The monoisotopic (exact) mass is 274 g/mol. The van der Waals surface area contributed by atoms with E-state index >= 15 is 0 Å². The van der Waals surface area contributed by atoms with Crippen LogP contribution in [0.25, 0.3) is 0 Å². The van der Waals surface area contributed by atoms with Gasteiger partial charge in [-0.3, -0.25) is 0 Å². The molecule has 0 bridgehead atoms. The van der Waals surface area contributed by atoms with E-state index in [0.717, 1.165) is 25.0 Å². The maximum absolute atomic E-state index is 4.38. The molecule has 0 aromatic carbocycles. The van der Waals surface area contributed by atoms with Crippen molar-refractivity contribution in [3.05, 3.63) is 18.5 Å². The van der Waals surface area contributed by atoms with Crippen LogP contribution in [-0.2, 0) is 0 Å². The Hall–Kier alpha value is -1.16. The highest BCUT2D eigenvalue weighted by atomic mass is 15.3. The summed E-state index contributed by atoms with van der Waals surface area (Å²) < 4.78 is 0. The van der Waals surface area contributed by atoms with Crippen LogP contribution < -0.4 is 10.2 Å². The molecule has 4 heteroatoms. The fourth-order valence-corrected chi connectivity index (χ4v) is 3.71. The third-order valence-electron chi connectivity index (χ3n) is 4.86. The molecule has 2 fully saturated rings. The molecule has 1 aliphatic heterocycles. The van der Waals surface area contributed by atoms with Gasteiger partial charge in [0.25, 0.3) is 0 Å². The minimum Gasteiger partial charge on any atom is -0.339 e. The Morgan fingerprint density at radius 1 is 1.15 bits per heavy atom. The number of hydrogen-bond donors (Lipinski definition) is 1. The second-order valence-corrected chi connectivity index (χ2v) is 6.33. The minimum atomic E-state index is 0.586. The SMILES string of the molecule is CC(NC1CCCN(c2ncccn2)C1)C1CCCC1. The lowest BCUT2D eigenvalue weighted by Gasteiger charge is -2.36. The fraction of sp³-hybridized carbons (Fsp3) is 0.750. The molecule has 0 radical (unpaired) electrons. The number of nitrogens with one attached hydrogen (secondary N) is 1. The van der Waals surface area contributed by atoms with E-state index in [9.17, 15) is 0 Å². The zero-order valence-corrected chi connectivity index (χ0v) is 12.5. The number of rotatable bonds is 4. The van der Waals surface area contributed by atoms with Gasteiger partial charge in [0.2, 0.25) is 5.95 Å². The molecule has 0 amide bonds. The van der Waals surface area contributed by atoms with Gasteiger partial charge in [0.15, 0.2) is 0 Å². The van der Waals surface area contributed by atoms with Gasteiger partial charge < -0.3 is 10.2 Å². The Morgan fingerprint density at radius 3 is 2.65 bits per heavy atom. The summed E-state index contributed by atoms with van der Waals surface area (Å²) in [5.41, 5.74) is 0. The summed E-state index contributed by atoms with van der Waals surface area (Å²) >= 11 is 0. The summed E-state index contributed by atoms with van der Waals surface area (Å²) in [6.07, 6.45) is 11.8. The van der Waals surface area contributed by atoms with E-state index in [-0.39, 0.29) is 0 Å². The van der Waals surface area contributed by atoms with Crippen LogP contribution in [0.15, 0.2) is 18.5 Å². The summed E-state index contributed by atoms with van der Waals surface area (Å²) in [6.45, 7) is 4.50. The van der Waals surface area contributed by atoms with Crippen LogP contribution in [0.1, 0.15) is 45.4 Å². The van der Waals surface area contributed by atoms with Crippen LogP contribution in [0.5, 0.6) is 0 Å². The lowest BCUT2D eigenvalue weighted by Crippen LogP contribution is -2.50. The molecule has 0 spiro atoms. The average molecular weight is 274 g/mol.